The van der Waals surface area contributed by atoms with Gasteiger partial charge in [-0.15, -0.1) is 0 Å². The Kier molecular flexibility index (Phi) is 6.44. The Morgan fingerprint density at radius 1 is 1.32 bits per heavy atom. The Bertz CT molecular complexity index is 703. The number of nitrogens with zero attached hydrogens (tertiary/aromatic N) is 1. The van der Waals surface area contributed by atoms with Crippen LogP contribution in [0.3, 0.4) is 0 Å². The zero-order valence-corrected chi connectivity index (χ0v) is 15.3. The molecular weight excluding hydrogens is 320 g/mol. The molecule has 2 aromatic rings. The number of rotatable bonds is 8. The number of nitrogens with one attached hydrogen (secondary N) is 1. The molecule has 2 amide bonds. The van der Waals surface area contributed by atoms with Crippen molar-refractivity contribution in [3.05, 3.63) is 47.3 Å². The van der Waals surface area contributed by atoms with Crippen LogP contribution in [0.2, 0.25) is 0 Å². The van der Waals surface area contributed by atoms with E-state index in [4.69, 9.17) is 8.83 Å². The molecule has 2 heterocycles. The molecule has 0 aliphatic carbocycles. The predicted octanol–water partition coefficient (Wildman–Crippen LogP) is 3.44. The van der Waals surface area contributed by atoms with Gasteiger partial charge in [0.05, 0.1) is 18.4 Å². The maximum atomic E-state index is 12.9. The van der Waals surface area contributed by atoms with Crippen molar-refractivity contribution in [2.24, 2.45) is 0 Å². The van der Waals surface area contributed by atoms with Crippen molar-refractivity contribution in [2.75, 3.05) is 6.54 Å². The summed E-state index contributed by atoms with van der Waals surface area (Å²) in [5.74, 6) is 1.71. The molecule has 1 atom stereocenters. The van der Waals surface area contributed by atoms with E-state index in [9.17, 15) is 9.59 Å². The van der Waals surface area contributed by atoms with Crippen molar-refractivity contribution in [1.29, 1.82) is 0 Å². The first-order valence-corrected chi connectivity index (χ1v) is 8.58. The molecule has 2 rings (SSSR count). The molecule has 0 saturated carbocycles. The molecule has 6 nitrogen and oxygen atoms in total. The van der Waals surface area contributed by atoms with Crippen molar-refractivity contribution >= 4 is 11.8 Å². The van der Waals surface area contributed by atoms with Crippen molar-refractivity contribution in [3.63, 3.8) is 0 Å². The molecule has 0 aliphatic rings. The van der Waals surface area contributed by atoms with Crippen molar-refractivity contribution in [1.82, 2.24) is 10.2 Å². The summed E-state index contributed by atoms with van der Waals surface area (Å²) >= 11 is 0. The molecule has 25 heavy (non-hydrogen) atoms. The molecule has 2 aromatic heterocycles. The van der Waals surface area contributed by atoms with E-state index >= 15 is 0 Å². The van der Waals surface area contributed by atoms with Gasteiger partial charge in [-0.1, -0.05) is 6.92 Å². The van der Waals surface area contributed by atoms with E-state index in [1.165, 1.54) is 0 Å². The van der Waals surface area contributed by atoms with Crippen LogP contribution < -0.4 is 5.32 Å². The second kappa shape index (κ2) is 8.55. The highest BCUT2D eigenvalue weighted by Gasteiger charge is 2.22. The number of aryl methyl sites for hydroxylation is 2. The van der Waals surface area contributed by atoms with Crippen LogP contribution >= 0.6 is 0 Å². The van der Waals surface area contributed by atoms with Crippen LogP contribution in [-0.4, -0.2) is 29.3 Å². The van der Waals surface area contributed by atoms with Crippen LogP contribution in [0.15, 0.2) is 33.3 Å². The lowest BCUT2D eigenvalue weighted by Gasteiger charge is -2.22. The zero-order chi connectivity index (χ0) is 18.4. The van der Waals surface area contributed by atoms with Gasteiger partial charge < -0.3 is 19.1 Å². The van der Waals surface area contributed by atoms with Gasteiger partial charge in [-0.3, -0.25) is 9.59 Å². The number of furan rings is 2. The van der Waals surface area contributed by atoms with E-state index < -0.39 is 0 Å². The van der Waals surface area contributed by atoms with Crippen molar-refractivity contribution in [3.8, 4) is 0 Å². The Morgan fingerprint density at radius 3 is 2.64 bits per heavy atom. The number of carbonyl (C=O) groups excluding carboxylic acids is 2. The Labute approximate surface area is 148 Å². The summed E-state index contributed by atoms with van der Waals surface area (Å²) in [5, 5.41) is 2.92. The fourth-order valence-electron chi connectivity index (χ4n) is 2.54. The number of hydrogen-bond acceptors (Lipinski definition) is 4. The lowest BCUT2D eigenvalue weighted by atomic mass is 10.2. The average molecular weight is 346 g/mol. The van der Waals surface area contributed by atoms with Crippen LogP contribution in [0, 0.1) is 13.8 Å². The highest BCUT2D eigenvalue weighted by atomic mass is 16.3. The third kappa shape index (κ3) is 5.24. The van der Waals surface area contributed by atoms with E-state index in [0.29, 0.717) is 35.9 Å². The maximum absolute atomic E-state index is 12.9. The molecule has 0 fully saturated rings. The average Bonchev–Trinajstić information content (AvgIpc) is 3.19. The summed E-state index contributed by atoms with van der Waals surface area (Å²) < 4.78 is 10.8. The second-order valence-electron chi connectivity index (χ2n) is 6.26. The maximum Gasteiger partial charge on any atom is 0.257 e. The summed E-state index contributed by atoms with van der Waals surface area (Å²) in [4.78, 5) is 26.6. The summed E-state index contributed by atoms with van der Waals surface area (Å²) in [7, 11) is 0. The molecule has 1 N–H and O–H groups in total. The van der Waals surface area contributed by atoms with E-state index in [1.54, 1.807) is 37.1 Å². The van der Waals surface area contributed by atoms with Crippen LogP contribution in [0.25, 0.3) is 0 Å². The molecule has 0 unspecified atom stereocenters. The SMILES string of the molecule is CC[C@@H](C)NC(=O)CCN(Cc1ccco1)C(=O)c1cc(C)oc1C. The summed E-state index contributed by atoms with van der Waals surface area (Å²) in [6.07, 6.45) is 2.68. The lowest BCUT2D eigenvalue weighted by Crippen LogP contribution is -2.37. The van der Waals surface area contributed by atoms with Gasteiger partial charge in [-0.2, -0.15) is 0 Å². The quantitative estimate of drug-likeness (QED) is 0.794. The number of hydrogen-bond donors (Lipinski definition) is 1. The first kappa shape index (κ1) is 18.8. The fourth-order valence-corrected chi connectivity index (χ4v) is 2.54. The number of amides is 2. The smallest absolute Gasteiger partial charge is 0.257 e. The minimum Gasteiger partial charge on any atom is -0.467 e. The molecule has 0 aliphatic heterocycles. The molecule has 0 aromatic carbocycles. The molecule has 136 valence electrons. The van der Waals surface area contributed by atoms with Gasteiger partial charge in [-0.05, 0) is 45.4 Å². The minimum absolute atomic E-state index is 0.0632. The molecular formula is C19H26N2O4. The molecule has 0 bridgehead atoms. The van der Waals surface area contributed by atoms with Gasteiger partial charge in [0.25, 0.3) is 5.91 Å². The zero-order valence-electron chi connectivity index (χ0n) is 15.3. The molecule has 0 saturated heterocycles. The van der Waals surface area contributed by atoms with E-state index in [-0.39, 0.29) is 24.3 Å². The summed E-state index contributed by atoms with van der Waals surface area (Å²) in [5.41, 5.74) is 0.520. The topological polar surface area (TPSA) is 75.7 Å². The van der Waals surface area contributed by atoms with E-state index in [0.717, 1.165) is 6.42 Å². The van der Waals surface area contributed by atoms with Crippen LogP contribution in [0.1, 0.15) is 54.3 Å². The first-order chi connectivity index (χ1) is 11.9. The third-order valence-corrected chi connectivity index (χ3v) is 4.11. The van der Waals surface area contributed by atoms with Crippen LogP contribution in [0.5, 0.6) is 0 Å². The Hall–Kier alpha value is -2.50. The number of carbonyl (C=O) groups is 2. The predicted molar refractivity (Wildman–Crippen MR) is 94.1 cm³/mol. The van der Waals surface area contributed by atoms with Crippen LogP contribution in [-0.2, 0) is 11.3 Å². The van der Waals surface area contributed by atoms with Gasteiger partial charge in [-0.25, -0.2) is 0 Å². The Morgan fingerprint density at radius 2 is 2.08 bits per heavy atom. The standard InChI is InChI=1S/C19H26N2O4/c1-5-13(2)20-18(22)8-9-21(12-16-7-6-10-24-16)19(23)17-11-14(3)25-15(17)4/h6-7,10-11,13H,5,8-9,12H2,1-4H3,(H,20,22)/t13-/m1/s1. The summed E-state index contributed by atoms with van der Waals surface area (Å²) in [6, 6.07) is 5.44. The van der Waals surface area contributed by atoms with Gasteiger partial charge in [0.15, 0.2) is 0 Å². The highest BCUT2D eigenvalue weighted by Crippen LogP contribution is 2.18. The van der Waals surface area contributed by atoms with Gasteiger partial charge in [0.1, 0.15) is 17.3 Å². The second-order valence-corrected chi connectivity index (χ2v) is 6.26. The van der Waals surface area contributed by atoms with Crippen molar-refractivity contribution < 1.29 is 18.4 Å². The first-order valence-electron chi connectivity index (χ1n) is 8.58. The fraction of sp³-hybridized carbons (Fsp3) is 0.474. The molecule has 0 radical (unpaired) electrons. The summed E-state index contributed by atoms with van der Waals surface area (Å²) in [6.45, 7) is 8.17. The lowest BCUT2D eigenvalue weighted by molar-refractivity contribution is -0.121. The monoisotopic (exact) mass is 346 g/mol. The van der Waals surface area contributed by atoms with E-state index in [1.807, 2.05) is 19.9 Å². The van der Waals surface area contributed by atoms with Crippen LogP contribution in [0.4, 0.5) is 0 Å². The minimum atomic E-state index is -0.165. The normalized spacial score (nSPS) is 12.0. The van der Waals surface area contributed by atoms with Gasteiger partial charge in [0, 0.05) is 19.0 Å². The van der Waals surface area contributed by atoms with E-state index in [2.05, 4.69) is 5.32 Å². The van der Waals surface area contributed by atoms with Crippen molar-refractivity contribution in [2.45, 2.75) is 53.1 Å². The third-order valence-electron chi connectivity index (χ3n) is 4.11. The molecule has 0 spiro atoms. The molecule has 6 heteroatoms. The largest absolute Gasteiger partial charge is 0.467 e. The Balaban J connectivity index is 2.08. The van der Waals surface area contributed by atoms with Gasteiger partial charge >= 0.3 is 0 Å². The highest BCUT2D eigenvalue weighted by molar-refractivity contribution is 5.95. The van der Waals surface area contributed by atoms with Gasteiger partial charge in [0.2, 0.25) is 5.91 Å².